The lowest BCUT2D eigenvalue weighted by Gasteiger charge is -2.16. The van der Waals surface area contributed by atoms with Gasteiger partial charge < -0.3 is 9.84 Å². The van der Waals surface area contributed by atoms with E-state index in [-0.39, 0.29) is 11.4 Å². The Morgan fingerprint density at radius 3 is 2.76 bits per heavy atom. The van der Waals surface area contributed by atoms with Gasteiger partial charge in [0.1, 0.15) is 11.6 Å². The van der Waals surface area contributed by atoms with Crippen LogP contribution in [0.4, 0.5) is 8.78 Å². The molecule has 5 nitrogen and oxygen atoms in total. The lowest BCUT2D eigenvalue weighted by Crippen LogP contribution is -2.27. The predicted molar refractivity (Wildman–Crippen MR) is 72.4 cm³/mol. The Hall–Kier alpha value is -1.86. The molecule has 7 heteroatoms. The minimum atomic E-state index is -0.657. The van der Waals surface area contributed by atoms with Crippen LogP contribution in [0, 0.1) is 11.6 Å². The molecule has 0 unspecified atom stereocenters. The molecule has 0 bridgehead atoms. The van der Waals surface area contributed by atoms with Gasteiger partial charge in [-0.15, -0.1) is 0 Å². The molecule has 2 heterocycles. The van der Waals surface area contributed by atoms with Gasteiger partial charge in [0, 0.05) is 24.7 Å². The van der Waals surface area contributed by atoms with Gasteiger partial charge in [-0.1, -0.05) is 5.16 Å². The third kappa shape index (κ3) is 3.62. The van der Waals surface area contributed by atoms with Gasteiger partial charge in [-0.3, -0.25) is 4.90 Å². The van der Waals surface area contributed by atoms with Gasteiger partial charge in [0.05, 0.1) is 6.54 Å². The summed E-state index contributed by atoms with van der Waals surface area (Å²) >= 11 is 0. The first-order valence-electron chi connectivity index (χ1n) is 6.93. The fourth-order valence-electron chi connectivity index (χ4n) is 2.37. The molecule has 0 amide bonds. The zero-order valence-corrected chi connectivity index (χ0v) is 11.5. The minimum Gasteiger partial charge on any atom is -0.338 e. The first-order valence-corrected chi connectivity index (χ1v) is 6.93. The Morgan fingerprint density at radius 1 is 1.14 bits per heavy atom. The van der Waals surface area contributed by atoms with E-state index in [1.54, 1.807) is 0 Å². The molecule has 1 fully saturated rings. The third-order valence-electron chi connectivity index (χ3n) is 3.38. The second kappa shape index (κ2) is 6.28. The number of halogens is 2. The van der Waals surface area contributed by atoms with E-state index in [0.717, 1.165) is 38.7 Å². The van der Waals surface area contributed by atoms with Crippen LogP contribution < -0.4 is 5.32 Å². The van der Waals surface area contributed by atoms with Crippen molar-refractivity contribution in [1.29, 1.82) is 0 Å². The molecule has 1 aliphatic heterocycles. The highest BCUT2D eigenvalue weighted by molar-refractivity contribution is 5.54. The maximum atomic E-state index is 13.2. The lowest BCUT2D eigenvalue weighted by atomic mass is 10.2. The van der Waals surface area contributed by atoms with Crippen LogP contribution in [0.15, 0.2) is 22.7 Å². The Kier molecular flexibility index (Phi) is 4.21. The van der Waals surface area contributed by atoms with Gasteiger partial charge >= 0.3 is 0 Å². The van der Waals surface area contributed by atoms with Crippen LogP contribution in [0.2, 0.25) is 0 Å². The van der Waals surface area contributed by atoms with Crippen LogP contribution >= 0.6 is 0 Å². The van der Waals surface area contributed by atoms with Gasteiger partial charge in [-0.2, -0.15) is 4.98 Å². The van der Waals surface area contributed by atoms with Crippen molar-refractivity contribution in [2.75, 3.05) is 26.2 Å². The number of hydrogen-bond acceptors (Lipinski definition) is 5. The van der Waals surface area contributed by atoms with E-state index >= 15 is 0 Å². The lowest BCUT2D eigenvalue weighted by molar-refractivity contribution is 0.239. The molecule has 0 saturated carbocycles. The topological polar surface area (TPSA) is 54.2 Å². The van der Waals surface area contributed by atoms with Crippen molar-refractivity contribution in [2.24, 2.45) is 0 Å². The summed E-state index contributed by atoms with van der Waals surface area (Å²) in [7, 11) is 0. The van der Waals surface area contributed by atoms with Crippen molar-refractivity contribution in [3.05, 3.63) is 35.7 Å². The van der Waals surface area contributed by atoms with E-state index in [1.807, 2.05) is 0 Å². The maximum Gasteiger partial charge on any atom is 0.241 e. The second-order valence-electron chi connectivity index (χ2n) is 5.05. The maximum absolute atomic E-state index is 13.2. The average Bonchev–Trinajstić information content (AvgIpc) is 2.74. The van der Waals surface area contributed by atoms with Crippen molar-refractivity contribution in [2.45, 2.75) is 13.0 Å². The fourth-order valence-corrected chi connectivity index (χ4v) is 2.37. The fraction of sp³-hybridized carbons (Fsp3) is 0.429. The third-order valence-corrected chi connectivity index (χ3v) is 3.38. The summed E-state index contributed by atoms with van der Waals surface area (Å²) in [5.41, 5.74) is 0.278. The summed E-state index contributed by atoms with van der Waals surface area (Å²) in [5.74, 6) is -0.655. The number of aromatic nitrogens is 2. The molecular weight excluding hydrogens is 278 g/mol. The number of rotatable bonds is 3. The van der Waals surface area contributed by atoms with E-state index in [1.165, 1.54) is 12.1 Å². The van der Waals surface area contributed by atoms with Gasteiger partial charge in [-0.25, -0.2) is 8.78 Å². The van der Waals surface area contributed by atoms with Crippen molar-refractivity contribution in [3.8, 4) is 11.4 Å². The van der Waals surface area contributed by atoms with Crippen molar-refractivity contribution < 1.29 is 13.3 Å². The summed E-state index contributed by atoms with van der Waals surface area (Å²) < 4.78 is 31.6. The Labute approximate surface area is 120 Å². The van der Waals surface area contributed by atoms with Crippen LogP contribution in [-0.4, -0.2) is 41.2 Å². The normalized spacial score (nSPS) is 16.9. The summed E-state index contributed by atoms with van der Waals surface area (Å²) in [5, 5.41) is 7.11. The highest BCUT2D eigenvalue weighted by atomic mass is 19.1. The molecule has 112 valence electrons. The molecule has 0 spiro atoms. The molecule has 21 heavy (non-hydrogen) atoms. The van der Waals surface area contributed by atoms with Crippen LogP contribution in [0.3, 0.4) is 0 Å². The quantitative estimate of drug-likeness (QED) is 0.935. The van der Waals surface area contributed by atoms with Crippen LogP contribution in [0.1, 0.15) is 12.3 Å². The molecule has 2 aromatic rings. The van der Waals surface area contributed by atoms with Gasteiger partial charge in [0.15, 0.2) is 0 Å². The Balaban J connectivity index is 1.73. The average molecular weight is 294 g/mol. The second-order valence-corrected chi connectivity index (χ2v) is 5.05. The molecule has 1 N–H and O–H groups in total. The largest absolute Gasteiger partial charge is 0.338 e. The summed E-state index contributed by atoms with van der Waals surface area (Å²) in [4.78, 5) is 6.43. The summed E-state index contributed by atoms with van der Waals surface area (Å²) in [6, 6.07) is 3.19. The number of hydrogen-bond donors (Lipinski definition) is 1. The smallest absolute Gasteiger partial charge is 0.241 e. The zero-order chi connectivity index (χ0) is 14.7. The predicted octanol–water partition coefficient (Wildman–Crippen LogP) is 1.81. The van der Waals surface area contributed by atoms with E-state index < -0.39 is 11.6 Å². The Morgan fingerprint density at radius 2 is 1.95 bits per heavy atom. The summed E-state index contributed by atoms with van der Waals surface area (Å²) in [6.45, 7) is 4.35. The van der Waals surface area contributed by atoms with E-state index in [9.17, 15) is 8.78 Å². The van der Waals surface area contributed by atoms with Crippen molar-refractivity contribution in [1.82, 2.24) is 20.4 Å². The van der Waals surface area contributed by atoms with E-state index in [2.05, 4.69) is 20.4 Å². The molecule has 0 radical (unpaired) electrons. The monoisotopic (exact) mass is 294 g/mol. The van der Waals surface area contributed by atoms with Crippen LogP contribution in [-0.2, 0) is 6.54 Å². The first-order chi connectivity index (χ1) is 10.2. The van der Waals surface area contributed by atoms with E-state index in [0.29, 0.717) is 12.4 Å². The Bertz CT molecular complexity index is 589. The van der Waals surface area contributed by atoms with Gasteiger partial charge in [-0.05, 0) is 31.6 Å². The van der Waals surface area contributed by atoms with Crippen molar-refractivity contribution >= 4 is 0 Å². The molecular formula is C14H16F2N4O. The number of nitrogens with zero attached hydrogens (tertiary/aromatic N) is 3. The standard InChI is InChI=1S/C14H16F2N4O/c15-11-6-10(7-12(16)8-11)14-18-13(21-19-14)9-20-4-1-2-17-3-5-20/h6-8,17H,1-5,9H2. The van der Waals surface area contributed by atoms with E-state index in [4.69, 9.17) is 4.52 Å². The van der Waals surface area contributed by atoms with Gasteiger partial charge in [0.25, 0.3) is 0 Å². The molecule has 1 aliphatic rings. The summed E-state index contributed by atoms with van der Waals surface area (Å²) in [6.07, 6.45) is 1.07. The molecule has 0 atom stereocenters. The number of nitrogens with one attached hydrogen (secondary N) is 1. The van der Waals surface area contributed by atoms with Crippen LogP contribution in [0.25, 0.3) is 11.4 Å². The minimum absolute atomic E-state index is 0.205. The molecule has 1 aromatic carbocycles. The van der Waals surface area contributed by atoms with Crippen LogP contribution in [0.5, 0.6) is 0 Å². The molecule has 1 saturated heterocycles. The molecule has 0 aliphatic carbocycles. The first kappa shape index (κ1) is 14.1. The molecule has 1 aromatic heterocycles. The number of benzene rings is 1. The molecule has 3 rings (SSSR count). The van der Waals surface area contributed by atoms with Gasteiger partial charge in [0.2, 0.25) is 11.7 Å². The highest BCUT2D eigenvalue weighted by Gasteiger charge is 2.15. The highest BCUT2D eigenvalue weighted by Crippen LogP contribution is 2.19. The van der Waals surface area contributed by atoms with Crippen molar-refractivity contribution in [3.63, 3.8) is 0 Å². The zero-order valence-electron chi connectivity index (χ0n) is 11.5. The SMILES string of the molecule is Fc1cc(F)cc(-c2noc(CN3CCCNCC3)n2)c1.